The Hall–Kier alpha value is -2.43. The maximum absolute atomic E-state index is 13.7. The van der Waals surface area contributed by atoms with Gasteiger partial charge in [-0.3, -0.25) is 0 Å². The van der Waals surface area contributed by atoms with Crippen LogP contribution < -0.4 is 5.32 Å². The molecular weight excluding hydrogens is 336 g/mol. The standard InChI is InChI=1S/C16H9F2N3S2/c17-9-5-6-12(11(18)7-9)20-15(22)10(8-19)16-21-13-3-1-2-4-14(13)23-16/h1-7,10H,(H,20,22). The number of hydrogen-bond acceptors (Lipinski definition) is 4. The van der Waals surface area contributed by atoms with Gasteiger partial charge in [0.15, 0.2) is 0 Å². The van der Waals surface area contributed by atoms with E-state index in [1.165, 1.54) is 17.4 Å². The third kappa shape index (κ3) is 3.18. The first kappa shape index (κ1) is 15.5. The average Bonchev–Trinajstić information content (AvgIpc) is 2.94. The van der Waals surface area contributed by atoms with Crippen LogP contribution in [0.1, 0.15) is 10.9 Å². The van der Waals surface area contributed by atoms with E-state index in [9.17, 15) is 14.0 Å². The van der Waals surface area contributed by atoms with Crippen molar-refractivity contribution in [2.75, 3.05) is 5.32 Å². The van der Waals surface area contributed by atoms with Crippen LogP contribution in [0.5, 0.6) is 0 Å². The summed E-state index contributed by atoms with van der Waals surface area (Å²) in [5.41, 5.74) is 0.807. The normalized spacial score (nSPS) is 11.9. The summed E-state index contributed by atoms with van der Waals surface area (Å²) < 4.78 is 27.6. The van der Waals surface area contributed by atoms with Crippen molar-refractivity contribution in [2.45, 2.75) is 5.92 Å². The number of nitriles is 1. The van der Waals surface area contributed by atoms with Gasteiger partial charge < -0.3 is 5.32 Å². The number of rotatable bonds is 3. The zero-order chi connectivity index (χ0) is 16.4. The number of fused-ring (bicyclic) bond motifs is 1. The van der Waals surface area contributed by atoms with Crippen LogP contribution in [0.4, 0.5) is 14.5 Å². The largest absolute Gasteiger partial charge is 0.346 e. The number of nitrogens with one attached hydrogen (secondary N) is 1. The molecule has 0 aliphatic rings. The minimum atomic E-state index is -0.799. The highest BCUT2D eigenvalue weighted by molar-refractivity contribution is 7.80. The molecule has 1 unspecified atom stereocenters. The van der Waals surface area contributed by atoms with Crippen LogP contribution in [0.25, 0.3) is 10.2 Å². The molecule has 1 heterocycles. The molecule has 1 aromatic heterocycles. The Bertz CT molecular complexity index is 897. The molecule has 1 atom stereocenters. The van der Waals surface area contributed by atoms with Crippen LogP contribution in [0.2, 0.25) is 0 Å². The van der Waals surface area contributed by atoms with Gasteiger partial charge in [-0.25, -0.2) is 13.8 Å². The van der Waals surface area contributed by atoms with Gasteiger partial charge in [-0.15, -0.1) is 11.3 Å². The summed E-state index contributed by atoms with van der Waals surface area (Å²) in [6.45, 7) is 0. The monoisotopic (exact) mass is 345 g/mol. The average molecular weight is 345 g/mol. The molecule has 0 saturated carbocycles. The van der Waals surface area contributed by atoms with Crippen molar-refractivity contribution in [3.63, 3.8) is 0 Å². The number of thiazole rings is 1. The van der Waals surface area contributed by atoms with Gasteiger partial charge in [-0.2, -0.15) is 5.26 Å². The number of anilines is 1. The van der Waals surface area contributed by atoms with Gasteiger partial charge in [0, 0.05) is 6.07 Å². The van der Waals surface area contributed by atoms with Crippen molar-refractivity contribution < 1.29 is 8.78 Å². The maximum atomic E-state index is 13.7. The van der Waals surface area contributed by atoms with E-state index in [-0.39, 0.29) is 10.7 Å². The maximum Gasteiger partial charge on any atom is 0.149 e. The molecule has 114 valence electrons. The van der Waals surface area contributed by atoms with E-state index in [0.717, 1.165) is 22.3 Å². The summed E-state index contributed by atoms with van der Waals surface area (Å²) in [6.07, 6.45) is 0. The number of para-hydroxylation sites is 1. The number of hydrogen-bond donors (Lipinski definition) is 1. The Morgan fingerprint density at radius 2 is 2.04 bits per heavy atom. The van der Waals surface area contributed by atoms with Crippen LogP contribution in [0.3, 0.4) is 0 Å². The van der Waals surface area contributed by atoms with E-state index in [0.29, 0.717) is 5.01 Å². The Morgan fingerprint density at radius 3 is 2.74 bits per heavy atom. The minimum Gasteiger partial charge on any atom is -0.346 e. The third-order valence-corrected chi connectivity index (χ3v) is 4.58. The molecule has 2 aromatic carbocycles. The summed E-state index contributed by atoms with van der Waals surface area (Å²) in [4.78, 5) is 4.52. The highest BCUT2D eigenvalue weighted by Gasteiger charge is 2.21. The first-order chi connectivity index (χ1) is 11.1. The van der Waals surface area contributed by atoms with Crippen LogP contribution >= 0.6 is 23.6 Å². The quantitative estimate of drug-likeness (QED) is 0.704. The molecule has 0 fully saturated rings. The number of nitrogens with zero attached hydrogens (tertiary/aromatic N) is 2. The van der Waals surface area contributed by atoms with E-state index >= 15 is 0 Å². The summed E-state index contributed by atoms with van der Waals surface area (Å²) >= 11 is 6.57. The molecule has 3 rings (SSSR count). The molecule has 0 saturated heterocycles. The van der Waals surface area contributed by atoms with Crippen molar-refractivity contribution >= 4 is 44.4 Å². The second kappa shape index (κ2) is 6.36. The number of benzene rings is 2. The minimum absolute atomic E-state index is 0.0257. The second-order valence-electron chi connectivity index (χ2n) is 4.70. The summed E-state index contributed by atoms with van der Waals surface area (Å²) in [6, 6.07) is 12.7. The Labute approximate surface area is 140 Å². The molecule has 1 N–H and O–H groups in total. The molecule has 3 aromatic rings. The van der Waals surface area contributed by atoms with Gasteiger partial charge >= 0.3 is 0 Å². The highest BCUT2D eigenvalue weighted by atomic mass is 32.1. The van der Waals surface area contributed by atoms with Crippen LogP contribution in [-0.4, -0.2) is 9.97 Å². The Balaban J connectivity index is 1.88. The molecular formula is C16H9F2N3S2. The summed E-state index contributed by atoms with van der Waals surface area (Å²) in [5, 5.41) is 12.6. The van der Waals surface area contributed by atoms with Gasteiger partial charge in [0.05, 0.1) is 22.0 Å². The Kier molecular flexibility index (Phi) is 4.28. The molecule has 3 nitrogen and oxygen atoms in total. The van der Waals surface area contributed by atoms with Crippen molar-refractivity contribution in [2.24, 2.45) is 0 Å². The van der Waals surface area contributed by atoms with E-state index in [2.05, 4.69) is 16.4 Å². The van der Waals surface area contributed by atoms with Gasteiger partial charge in [-0.1, -0.05) is 24.4 Å². The molecule has 0 aliphatic heterocycles. The molecule has 0 aliphatic carbocycles. The van der Waals surface area contributed by atoms with Gasteiger partial charge in [0.1, 0.15) is 27.5 Å². The van der Waals surface area contributed by atoms with Crippen molar-refractivity contribution in [3.8, 4) is 6.07 Å². The Morgan fingerprint density at radius 1 is 1.26 bits per heavy atom. The number of halogens is 2. The molecule has 23 heavy (non-hydrogen) atoms. The zero-order valence-electron chi connectivity index (χ0n) is 11.6. The van der Waals surface area contributed by atoms with Gasteiger partial charge in [0.2, 0.25) is 0 Å². The predicted molar refractivity (Wildman–Crippen MR) is 90.6 cm³/mol. The lowest BCUT2D eigenvalue weighted by Gasteiger charge is -2.11. The fraction of sp³-hybridized carbons (Fsp3) is 0.0625. The first-order valence-corrected chi connectivity index (χ1v) is 7.82. The van der Waals surface area contributed by atoms with Gasteiger partial charge in [-0.05, 0) is 24.3 Å². The van der Waals surface area contributed by atoms with E-state index in [1.807, 2.05) is 24.3 Å². The fourth-order valence-corrected chi connectivity index (χ4v) is 3.41. The van der Waals surface area contributed by atoms with Crippen LogP contribution in [0.15, 0.2) is 42.5 Å². The lowest BCUT2D eigenvalue weighted by atomic mass is 10.1. The van der Waals surface area contributed by atoms with Crippen LogP contribution in [-0.2, 0) is 0 Å². The van der Waals surface area contributed by atoms with Gasteiger partial charge in [0.25, 0.3) is 0 Å². The SMILES string of the molecule is N#CC(C(=S)Nc1ccc(F)cc1F)c1nc2ccccc2s1. The molecule has 7 heteroatoms. The zero-order valence-corrected chi connectivity index (χ0v) is 13.2. The molecule has 0 bridgehead atoms. The lowest BCUT2D eigenvalue weighted by molar-refractivity contribution is 0.586. The molecule has 0 radical (unpaired) electrons. The summed E-state index contributed by atoms with van der Waals surface area (Å²) in [5.74, 6) is -2.25. The highest BCUT2D eigenvalue weighted by Crippen LogP contribution is 2.29. The lowest BCUT2D eigenvalue weighted by Crippen LogP contribution is -2.18. The van der Waals surface area contributed by atoms with E-state index < -0.39 is 17.6 Å². The summed E-state index contributed by atoms with van der Waals surface area (Å²) in [7, 11) is 0. The molecule has 0 amide bonds. The van der Waals surface area contributed by atoms with Crippen molar-refractivity contribution in [1.29, 1.82) is 5.26 Å². The van der Waals surface area contributed by atoms with E-state index in [1.54, 1.807) is 0 Å². The number of thiocarbonyl (C=S) groups is 1. The van der Waals surface area contributed by atoms with E-state index in [4.69, 9.17) is 12.2 Å². The second-order valence-corrected chi connectivity index (χ2v) is 6.20. The third-order valence-electron chi connectivity index (χ3n) is 3.14. The number of aromatic nitrogens is 1. The van der Waals surface area contributed by atoms with Crippen LogP contribution in [0, 0.1) is 23.0 Å². The first-order valence-electron chi connectivity index (χ1n) is 6.59. The van der Waals surface area contributed by atoms with Crippen molar-refractivity contribution in [3.05, 3.63) is 59.1 Å². The smallest absolute Gasteiger partial charge is 0.149 e. The molecule has 0 spiro atoms. The fourth-order valence-electron chi connectivity index (χ4n) is 2.04. The predicted octanol–water partition coefficient (Wildman–Crippen LogP) is 4.62. The topological polar surface area (TPSA) is 48.7 Å². The van der Waals surface area contributed by atoms with Crippen molar-refractivity contribution in [1.82, 2.24) is 4.98 Å².